The summed E-state index contributed by atoms with van der Waals surface area (Å²) in [5.74, 6) is 0.765. The van der Waals surface area contributed by atoms with E-state index in [-0.39, 0.29) is 0 Å². The second-order valence-corrected chi connectivity index (χ2v) is 4.93. The SMILES string of the molecule is CN1CCCC1CN1CCC(CN)C1. The Morgan fingerprint density at radius 3 is 2.71 bits per heavy atom. The fourth-order valence-corrected chi connectivity index (χ4v) is 2.78. The summed E-state index contributed by atoms with van der Waals surface area (Å²) in [7, 11) is 2.26. The van der Waals surface area contributed by atoms with Gasteiger partial charge < -0.3 is 15.5 Å². The van der Waals surface area contributed by atoms with E-state index in [0.717, 1.165) is 18.5 Å². The molecule has 2 N–H and O–H groups in total. The number of nitrogens with zero attached hydrogens (tertiary/aromatic N) is 2. The first-order valence-electron chi connectivity index (χ1n) is 5.92. The Morgan fingerprint density at radius 2 is 2.14 bits per heavy atom. The normalized spacial score (nSPS) is 35.6. The van der Waals surface area contributed by atoms with E-state index in [0.29, 0.717) is 0 Å². The molecular formula is C11H23N3. The largest absolute Gasteiger partial charge is 0.330 e. The van der Waals surface area contributed by atoms with Crippen LogP contribution in [0.1, 0.15) is 19.3 Å². The Morgan fingerprint density at radius 1 is 1.29 bits per heavy atom. The second-order valence-electron chi connectivity index (χ2n) is 4.93. The van der Waals surface area contributed by atoms with E-state index in [9.17, 15) is 0 Å². The van der Waals surface area contributed by atoms with Crippen molar-refractivity contribution in [3.8, 4) is 0 Å². The molecule has 0 aromatic carbocycles. The highest BCUT2D eigenvalue weighted by atomic mass is 15.2. The van der Waals surface area contributed by atoms with Gasteiger partial charge in [0.05, 0.1) is 0 Å². The van der Waals surface area contributed by atoms with Crippen LogP contribution in [0.2, 0.25) is 0 Å². The summed E-state index contributed by atoms with van der Waals surface area (Å²) in [6.07, 6.45) is 4.09. The van der Waals surface area contributed by atoms with Crippen LogP contribution in [0.4, 0.5) is 0 Å². The predicted molar refractivity (Wildman–Crippen MR) is 59.3 cm³/mol. The Balaban J connectivity index is 1.75. The number of rotatable bonds is 3. The molecule has 0 bridgehead atoms. The molecular weight excluding hydrogens is 174 g/mol. The molecule has 14 heavy (non-hydrogen) atoms. The van der Waals surface area contributed by atoms with Gasteiger partial charge in [0.25, 0.3) is 0 Å². The molecule has 0 spiro atoms. The van der Waals surface area contributed by atoms with Crippen molar-refractivity contribution < 1.29 is 0 Å². The highest BCUT2D eigenvalue weighted by Gasteiger charge is 2.27. The molecule has 2 fully saturated rings. The van der Waals surface area contributed by atoms with Gasteiger partial charge in [-0.05, 0) is 51.9 Å². The zero-order valence-electron chi connectivity index (χ0n) is 9.28. The Kier molecular flexibility index (Phi) is 3.42. The smallest absolute Gasteiger partial charge is 0.0220 e. The molecule has 0 aliphatic carbocycles. The third kappa shape index (κ3) is 2.27. The number of likely N-dealkylation sites (tertiary alicyclic amines) is 2. The number of hydrogen-bond acceptors (Lipinski definition) is 3. The maximum absolute atomic E-state index is 5.69. The average molecular weight is 197 g/mol. The van der Waals surface area contributed by atoms with Crippen molar-refractivity contribution in [1.29, 1.82) is 0 Å². The van der Waals surface area contributed by atoms with Crippen LogP contribution in [-0.2, 0) is 0 Å². The van der Waals surface area contributed by atoms with Crippen LogP contribution in [0.15, 0.2) is 0 Å². The minimum absolute atomic E-state index is 0.765. The van der Waals surface area contributed by atoms with E-state index >= 15 is 0 Å². The highest BCUT2D eigenvalue weighted by Crippen LogP contribution is 2.20. The van der Waals surface area contributed by atoms with Gasteiger partial charge in [-0.25, -0.2) is 0 Å². The van der Waals surface area contributed by atoms with Crippen molar-refractivity contribution >= 4 is 0 Å². The molecule has 2 atom stereocenters. The first-order valence-corrected chi connectivity index (χ1v) is 5.92. The van der Waals surface area contributed by atoms with E-state index in [2.05, 4.69) is 16.8 Å². The minimum atomic E-state index is 0.765. The van der Waals surface area contributed by atoms with Crippen LogP contribution < -0.4 is 5.73 Å². The molecule has 0 aromatic heterocycles. The lowest BCUT2D eigenvalue weighted by molar-refractivity contribution is 0.216. The summed E-state index contributed by atoms with van der Waals surface area (Å²) >= 11 is 0. The van der Waals surface area contributed by atoms with Gasteiger partial charge in [0.2, 0.25) is 0 Å². The number of likely N-dealkylation sites (N-methyl/N-ethyl adjacent to an activating group) is 1. The summed E-state index contributed by atoms with van der Waals surface area (Å²) in [6, 6.07) is 0.812. The molecule has 0 aromatic rings. The average Bonchev–Trinajstić information content (AvgIpc) is 2.77. The molecule has 2 saturated heterocycles. The van der Waals surface area contributed by atoms with Crippen LogP contribution in [0.3, 0.4) is 0 Å². The maximum atomic E-state index is 5.69. The second kappa shape index (κ2) is 4.60. The maximum Gasteiger partial charge on any atom is 0.0220 e. The quantitative estimate of drug-likeness (QED) is 0.709. The molecule has 2 aliphatic heterocycles. The Bertz CT molecular complexity index is 183. The Labute approximate surface area is 87.2 Å². The fourth-order valence-electron chi connectivity index (χ4n) is 2.78. The first-order chi connectivity index (χ1) is 6.79. The van der Waals surface area contributed by atoms with Crippen molar-refractivity contribution in [2.45, 2.75) is 25.3 Å². The third-order valence-corrected chi connectivity index (χ3v) is 3.84. The van der Waals surface area contributed by atoms with Crippen LogP contribution >= 0.6 is 0 Å². The highest BCUT2D eigenvalue weighted by molar-refractivity contribution is 4.83. The van der Waals surface area contributed by atoms with E-state index in [1.165, 1.54) is 45.4 Å². The molecule has 3 heteroatoms. The topological polar surface area (TPSA) is 32.5 Å². The van der Waals surface area contributed by atoms with Gasteiger partial charge in [-0.15, -0.1) is 0 Å². The van der Waals surface area contributed by atoms with Crippen molar-refractivity contribution in [1.82, 2.24) is 9.80 Å². The predicted octanol–water partition coefficient (Wildman–Crippen LogP) is 0.361. The van der Waals surface area contributed by atoms with E-state index < -0.39 is 0 Å². The first kappa shape index (κ1) is 10.4. The molecule has 2 heterocycles. The van der Waals surface area contributed by atoms with Crippen LogP contribution in [0, 0.1) is 5.92 Å². The summed E-state index contributed by atoms with van der Waals surface area (Å²) in [5, 5.41) is 0. The number of hydrogen-bond donors (Lipinski definition) is 1. The molecule has 3 nitrogen and oxygen atoms in total. The van der Waals surface area contributed by atoms with Gasteiger partial charge in [-0.3, -0.25) is 0 Å². The lowest BCUT2D eigenvalue weighted by Gasteiger charge is -2.25. The minimum Gasteiger partial charge on any atom is -0.330 e. The fraction of sp³-hybridized carbons (Fsp3) is 1.00. The summed E-state index contributed by atoms with van der Waals surface area (Å²) in [4.78, 5) is 5.11. The summed E-state index contributed by atoms with van der Waals surface area (Å²) < 4.78 is 0. The van der Waals surface area contributed by atoms with Crippen molar-refractivity contribution in [2.24, 2.45) is 11.7 Å². The van der Waals surface area contributed by atoms with E-state index in [4.69, 9.17) is 5.73 Å². The van der Waals surface area contributed by atoms with Gasteiger partial charge in [0.1, 0.15) is 0 Å². The lowest BCUT2D eigenvalue weighted by atomic mass is 10.1. The van der Waals surface area contributed by atoms with Gasteiger partial charge in [0.15, 0.2) is 0 Å². The van der Waals surface area contributed by atoms with Gasteiger partial charge >= 0.3 is 0 Å². The molecule has 0 saturated carbocycles. The van der Waals surface area contributed by atoms with E-state index in [1.807, 2.05) is 0 Å². The Hall–Kier alpha value is -0.120. The molecule has 82 valence electrons. The number of nitrogens with two attached hydrogens (primary N) is 1. The molecule has 0 radical (unpaired) electrons. The molecule has 0 amide bonds. The van der Waals surface area contributed by atoms with Gasteiger partial charge in [-0.2, -0.15) is 0 Å². The van der Waals surface area contributed by atoms with Crippen LogP contribution in [0.25, 0.3) is 0 Å². The molecule has 2 aliphatic rings. The zero-order valence-corrected chi connectivity index (χ0v) is 9.28. The third-order valence-electron chi connectivity index (χ3n) is 3.84. The zero-order chi connectivity index (χ0) is 9.97. The van der Waals surface area contributed by atoms with Crippen LogP contribution in [0.5, 0.6) is 0 Å². The molecule has 2 unspecified atom stereocenters. The lowest BCUT2D eigenvalue weighted by Crippen LogP contribution is -2.37. The van der Waals surface area contributed by atoms with Crippen molar-refractivity contribution in [2.75, 3.05) is 39.8 Å². The van der Waals surface area contributed by atoms with Gasteiger partial charge in [0, 0.05) is 19.1 Å². The van der Waals surface area contributed by atoms with Crippen LogP contribution in [-0.4, -0.2) is 55.6 Å². The monoisotopic (exact) mass is 197 g/mol. The van der Waals surface area contributed by atoms with Crippen molar-refractivity contribution in [3.05, 3.63) is 0 Å². The molecule has 2 rings (SSSR count). The van der Waals surface area contributed by atoms with Gasteiger partial charge in [-0.1, -0.05) is 0 Å². The van der Waals surface area contributed by atoms with E-state index in [1.54, 1.807) is 0 Å². The summed E-state index contributed by atoms with van der Waals surface area (Å²) in [5.41, 5.74) is 5.69. The van der Waals surface area contributed by atoms with Crippen molar-refractivity contribution in [3.63, 3.8) is 0 Å². The summed E-state index contributed by atoms with van der Waals surface area (Å²) in [6.45, 7) is 5.94. The standard InChI is InChI=1S/C11H23N3/c1-13-5-2-3-11(13)9-14-6-4-10(7-12)8-14/h10-11H,2-9,12H2,1H3.